The van der Waals surface area contributed by atoms with E-state index in [1.807, 2.05) is 0 Å². The van der Waals surface area contributed by atoms with Gasteiger partial charge >= 0.3 is 5.97 Å². The zero-order valence-electron chi connectivity index (χ0n) is 11.7. The first-order valence-electron chi connectivity index (χ1n) is 7.24. The second kappa shape index (κ2) is 8.48. The van der Waals surface area contributed by atoms with Crippen LogP contribution in [-0.4, -0.2) is 47.8 Å². The van der Waals surface area contributed by atoms with Crippen molar-refractivity contribution in [2.24, 2.45) is 0 Å². The number of nitrogens with zero attached hydrogens (tertiary/aromatic N) is 1. The molecule has 1 heterocycles. The Bertz CT molecular complexity index is 237. The molecule has 106 valence electrons. The van der Waals surface area contributed by atoms with Gasteiger partial charge in [0.2, 0.25) is 0 Å². The highest BCUT2D eigenvalue weighted by Gasteiger charge is 2.23. The number of likely N-dealkylation sites (tertiary alicyclic amines) is 1. The van der Waals surface area contributed by atoms with E-state index in [4.69, 9.17) is 9.84 Å². The minimum absolute atomic E-state index is 0.119. The van der Waals surface area contributed by atoms with E-state index in [1.165, 1.54) is 19.3 Å². The van der Waals surface area contributed by atoms with Gasteiger partial charge in [-0.3, -0.25) is 4.79 Å². The van der Waals surface area contributed by atoms with Crippen molar-refractivity contribution in [1.82, 2.24) is 4.90 Å². The second-order valence-corrected chi connectivity index (χ2v) is 5.10. The molecule has 1 N–H and O–H groups in total. The Morgan fingerprint density at radius 3 is 2.56 bits per heavy atom. The molecule has 0 amide bonds. The fourth-order valence-electron chi connectivity index (χ4n) is 2.70. The van der Waals surface area contributed by atoms with Gasteiger partial charge in [0.25, 0.3) is 0 Å². The quantitative estimate of drug-likeness (QED) is 0.726. The molecule has 18 heavy (non-hydrogen) atoms. The third-order valence-electron chi connectivity index (χ3n) is 3.76. The summed E-state index contributed by atoms with van der Waals surface area (Å²) in [5.41, 5.74) is 0. The molecule has 1 fully saturated rings. The number of hydrogen-bond donors (Lipinski definition) is 1. The zero-order chi connectivity index (χ0) is 13.4. The highest BCUT2D eigenvalue weighted by atomic mass is 16.5. The van der Waals surface area contributed by atoms with Crippen molar-refractivity contribution >= 4 is 5.97 Å². The average molecular weight is 257 g/mol. The molecule has 0 bridgehead atoms. The van der Waals surface area contributed by atoms with Gasteiger partial charge in [-0.05, 0) is 25.7 Å². The van der Waals surface area contributed by atoms with E-state index in [9.17, 15) is 4.79 Å². The van der Waals surface area contributed by atoms with E-state index in [0.717, 1.165) is 32.0 Å². The SMILES string of the molecule is CCCC(CC)N1CCC(OCCC(=O)O)CC1. The van der Waals surface area contributed by atoms with Gasteiger partial charge in [-0.15, -0.1) is 0 Å². The maximum atomic E-state index is 10.4. The Balaban J connectivity index is 2.21. The molecule has 0 aliphatic carbocycles. The number of ether oxygens (including phenoxy) is 1. The number of aliphatic carboxylic acids is 1. The summed E-state index contributed by atoms with van der Waals surface area (Å²) in [6.45, 7) is 7.04. The predicted molar refractivity (Wildman–Crippen MR) is 71.8 cm³/mol. The van der Waals surface area contributed by atoms with Crippen LogP contribution < -0.4 is 0 Å². The molecule has 1 unspecified atom stereocenters. The lowest BCUT2D eigenvalue weighted by atomic mass is 10.0. The average Bonchev–Trinajstić information content (AvgIpc) is 2.36. The van der Waals surface area contributed by atoms with Crippen LogP contribution >= 0.6 is 0 Å². The van der Waals surface area contributed by atoms with Crippen LogP contribution in [0.15, 0.2) is 0 Å². The minimum Gasteiger partial charge on any atom is -0.481 e. The molecule has 0 radical (unpaired) electrons. The molecular weight excluding hydrogens is 230 g/mol. The number of rotatable bonds is 8. The third-order valence-corrected chi connectivity index (χ3v) is 3.76. The molecule has 1 aliphatic rings. The summed E-state index contributed by atoms with van der Waals surface area (Å²) in [6.07, 6.45) is 6.21. The van der Waals surface area contributed by atoms with Gasteiger partial charge in [-0.1, -0.05) is 20.3 Å². The van der Waals surface area contributed by atoms with Crippen LogP contribution in [0.5, 0.6) is 0 Å². The number of carboxylic acids is 1. The van der Waals surface area contributed by atoms with Crippen LogP contribution in [0.4, 0.5) is 0 Å². The molecule has 0 aromatic rings. The normalized spacial score (nSPS) is 19.9. The highest BCUT2D eigenvalue weighted by molar-refractivity contribution is 5.66. The molecular formula is C14H27NO3. The van der Waals surface area contributed by atoms with Gasteiger partial charge in [0, 0.05) is 19.1 Å². The summed E-state index contributed by atoms with van der Waals surface area (Å²) in [5.74, 6) is -0.776. The van der Waals surface area contributed by atoms with Crippen LogP contribution in [0.25, 0.3) is 0 Å². The number of piperidine rings is 1. The van der Waals surface area contributed by atoms with Crippen molar-refractivity contribution in [3.8, 4) is 0 Å². The Labute approximate surface area is 110 Å². The summed E-state index contributed by atoms with van der Waals surface area (Å²) >= 11 is 0. The summed E-state index contributed by atoms with van der Waals surface area (Å²) in [4.78, 5) is 13.0. The van der Waals surface area contributed by atoms with Crippen LogP contribution in [0.3, 0.4) is 0 Å². The summed E-state index contributed by atoms with van der Waals surface area (Å²) in [6, 6.07) is 0.718. The number of carboxylic acid groups (broad SMARTS) is 1. The van der Waals surface area contributed by atoms with Crippen LogP contribution in [-0.2, 0) is 9.53 Å². The van der Waals surface area contributed by atoms with E-state index >= 15 is 0 Å². The fraction of sp³-hybridized carbons (Fsp3) is 0.929. The first-order chi connectivity index (χ1) is 8.67. The van der Waals surface area contributed by atoms with Gasteiger partial charge in [-0.25, -0.2) is 0 Å². The molecule has 1 saturated heterocycles. The van der Waals surface area contributed by atoms with Gasteiger partial charge in [0.15, 0.2) is 0 Å². The Morgan fingerprint density at radius 1 is 1.39 bits per heavy atom. The fourth-order valence-corrected chi connectivity index (χ4v) is 2.70. The van der Waals surface area contributed by atoms with Crippen LogP contribution in [0.1, 0.15) is 52.4 Å². The van der Waals surface area contributed by atoms with Crippen molar-refractivity contribution in [3.63, 3.8) is 0 Å². The second-order valence-electron chi connectivity index (χ2n) is 5.10. The van der Waals surface area contributed by atoms with E-state index in [-0.39, 0.29) is 12.5 Å². The summed E-state index contributed by atoms with van der Waals surface area (Å²) in [7, 11) is 0. The molecule has 0 saturated carbocycles. The Kier molecular flexibility index (Phi) is 7.28. The Hall–Kier alpha value is -0.610. The van der Waals surface area contributed by atoms with E-state index < -0.39 is 5.97 Å². The lowest BCUT2D eigenvalue weighted by molar-refractivity contribution is -0.138. The minimum atomic E-state index is -0.776. The lowest BCUT2D eigenvalue weighted by Crippen LogP contribution is -2.43. The molecule has 0 aromatic heterocycles. The van der Waals surface area contributed by atoms with Crippen molar-refractivity contribution < 1.29 is 14.6 Å². The van der Waals surface area contributed by atoms with Crippen molar-refractivity contribution in [2.45, 2.75) is 64.5 Å². The number of hydrogen-bond acceptors (Lipinski definition) is 3. The van der Waals surface area contributed by atoms with Crippen LogP contribution in [0, 0.1) is 0 Å². The van der Waals surface area contributed by atoms with Crippen LogP contribution in [0.2, 0.25) is 0 Å². The Morgan fingerprint density at radius 2 is 2.06 bits per heavy atom. The molecule has 1 aliphatic heterocycles. The van der Waals surface area contributed by atoms with E-state index in [0.29, 0.717) is 6.61 Å². The lowest BCUT2D eigenvalue weighted by Gasteiger charge is -2.37. The highest BCUT2D eigenvalue weighted by Crippen LogP contribution is 2.19. The first-order valence-corrected chi connectivity index (χ1v) is 7.24. The molecule has 1 atom stereocenters. The number of carbonyl (C=O) groups is 1. The largest absolute Gasteiger partial charge is 0.481 e. The maximum absolute atomic E-state index is 10.4. The van der Waals surface area contributed by atoms with Gasteiger partial charge in [-0.2, -0.15) is 0 Å². The van der Waals surface area contributed by atoms with Gasteiger partial charge < -0.3 is 14.7 Å². The van der Waals surface area contributed by atoms with E-state index in [1.54, 1.807) is 0 Å². The molecule has 1 rings (SSSR count). The molecule has 4 heteroatoms. The van der Waals surface area contributed by atoms with Gasteiger partial charge in [0.1, 0.15) is 0 Å². The maximum Gasteiger partial charge on any atom is 0.305 e. The third kappa shape index (κ3) is 5.36. The summed E-state index contributed by atoms with van der Waals surface area (Å²) < 4.78 is 5.61. The van der Waals surface area contributed by atoms with Crippen molar-refractivity contribution in [1.29, 1.82) is 0 Å². The molecule has 0 aromatic carbocycles. The molecule has 0 spiro atoms. The molecule has 4 nitrogen and oxygen atoms in total. The first kappa shape index (κ1) is 15.4. The topological polar surface area (TPSA) is 49.8 Å². The van der Waals surface area contributed by atoms with Crippen molar-refractivity contribution in [3.05, 3.63) is 0 Å². The smallest absolute Gasteiger partial charge is 0.305 e. The summed E-state index contributed by atoms with van der Waals surface area (Å²) in [5, 5.41) is 8.56. The van der Waals surface area contributed by atoms with Gasteiger partial charge in [0.05, 0.1) is 19.1 Å². The monoisotopic (exact) mass is 257 g/mol. The van der Waals surface area contributed by atoms with Crippen molar-refractivity contribution in [2.75, 3.05) is 19.7 Å². The standard InChI is InChI=1S/C14H27NO3/c1-3-5-12(4-2)15-9-6-13(7-10-15)18-11-8-14(16)17/h12-13H,3-11H2,1-2H3,(H,16,17). The van der Waals surface area contributed by atoms with E-state index in [2.05, 4.69) is 18.7 Å². The predicted octanol–water partition coefficient (Wildman–Crippen LogP) is 2.52. The zero-order valence-corrected chi connectivity index (χ0v) is 11.7.